The van der Waals surface area contributed by atoms with Gasteiger partial charge in [0.2, 0.25) is 5.91 Å². The van der Waals surface area contributed by atoms with Gasteiger partial charge in [-0.15, -0.1) is 0 Å². The molecule has 2 heterocycles. The zero-order valence-corrected chi connectivity index (χ0v) is 13.1. The Balaban J connectivity index is 1.88. The minimum absolute atomic E-state index is 0.0338. The molecule has 0 spiro atoms. The topological polar surface area (TPSA) is 71.2 Å². The Morgan fingerprint density at radius 2 is 2.26 bits per heavy atom. The molecule has 1 aromatic rings. The number of rotatable bonds is 5. The van der Waals surface area contributed by atoms with E-state index in [1.165, 1.54) is 0 Å². The van der Waals surface area contributed by atoms with Crippen molar-refractivity contribution in [3.8, 4) is 0 Å². The van der Waals surface area contributed by atoms with Gasteiger partial charge in [0.15, 0.2) is 0 Å². The van der Waals surface area contributed by atoms with Crippen molar-refractivity contribution in [2.24, 2.45) is 5.73 Å². The Kier molecular flexibility index (Phi) is 5.69. The van der Waals surface area contributed by atoms with Crippen LogP contribution in [0.4, 0.5) is 19.0 Å². The molecule has 1 atom stereocenters. The molecule has 2 rings (SSSR count). The number of carbonyl (C=O) groups is 1. The monoisotopic (exact) mass is 350 g/mol. The predicted molar refractivity (Wildman–Crippen MR) is 81.1 cm³/mol. The highest BCUT2D eigenvalue weighted by atomic mass is 35.5. The molecule has 1 amide bonds. The summed E-state index contributed by atoms with van der Waals surface area (Å²) in [6.45, 7) is 1.37. The first kappa shape index (κ1) is 17.8. The number of alkyl halides is 3. The third kappa shape index (κ3) is 4.48. The summed E-state index contributed by atoms with van der Waals surface area (Å²) in [5.74, 6) is 0.0951. The molecule has 0 aliphatic carbocycles. The summed E-state index contributed by atoms with van der Waals surface area (Å²) < 4.78 is 37.6. The molecule has 0 bridgehead atoms. The van der Waals surface area contributed by atoms with Crippen LogP contribution in [-0.2, 0) is 11.0 Å². The Morgan fingerprint density at radius 3 is 2.87 bits per heavy atom. The molecule has 1 aromatic heterocycles. The molecule has 1 fully saturated rings. The van der Waals surface area contributed by atoms with E-state index in [1.54, 1.807) is 4.90 Å². The van der Waals surface area contributed by atoms with Crippen LogP contribution in [0, 0.1) is 0 Å². The van der Waals surface area contributed by atoms with Crippen molar-refractivity contribution in [1.82, 2.24) is 9.88 Å². The highest BCUT2D eigenvalue weighted by molar-refractivity contribution is 6.32. The Morgan fingerprint density at radius 1 is 1.52 bits per heavy atom. The van der Waals surface area contributed by atoms with Crippen LogP contribution in [0.15, 0.2) is 12.3 Å². The van der Waals surface area contributed by atoms with Gasteiger partial charge >= 0.3 is 6.18 Å². The fraction of sp³-hybridized carbons (Fsp3) is 0.571. The van der Waals surface area contributed by atoms with Gasteiger partial charge in [0, 0.05) is 38.3 Å². The lowest BCUT2D eigenvalue weighted by molar-refractivity contribution is -0.137. The largest absolute Gasteiger partial charge is 0.417 e. The maximum atomic E-state index is 12.5. The molecule has 0 aromatic carbocycles. The normalized spacial score (nSPS) is 18.3. The molecule has 128 valence electrons. The van der Waals surface area contributed by atoms with Crippen molar-refractivity contribution >= 4 is 23.3 Å². The number of amides is 1. The van der Waals surface area contributed by atoms with Gasteiger partial charge in [0.1, 0.15) is 5.82 Å². The zero-order valence-electron chi connectivity index (χ0n) is 12.4. The van der Waals surface area contributed by atoms with Crippen LogP contribution in [0.3, 0.4) is 0 Å². The van der Waals surface area contributed by atoms with E-state index in [4.69, 9.17) is 17.3 Å². The number of carbonyl (C=O) groups excluding carboxylic acids is 1. The van der Waals surface area contributed by atoms with Gasteiger partial charge in [-0.05, 0) is 18.9 Å². The third-order valence-corrected chi connectivity index (χ3v) is 4.06. The maximum Gasteiger partial charge on any atom is 0.417 e. The number of aromatic nitrogens is 1. The minimum Gasteiger partial charge on any atom is -0.368 e. The van der Waals surface area contributed by atoms with Gasteiger partial charge in [-0.3, -0.25) is 4.79 Å². The molecule has 23 heavy (non-hydrogen) atoms. The number of nitrogens with zero attached hydrogens (tertiary/aromatic N) is 2. The first-order valence-corrected chi connectivity index (χ1v) is 7.67. The van der Waals surface area contributed by atoms with Gasteiger partial charge in [-0.25, -0.2) is 4.98 Å². The summed E-state index contributed by atoms with van der Waals surface area (Å²) in [5, 5.41) is 2.66. The smallest absolute Gasteiger partial charge is 0.368 e. The van der Waals surface area contributed by atoms with Crippen LogP contribution in [-0.4, -0.2) is 41.5 Å². The fourth-order valence-corrected chi connectivity index (χ4v) is 2.80. The van der Waals surface area contributed by atoms with Crippen molar-refractivity contribution in [2.45, 2.75) is 31.5 Å². The number of anilines is 1. The van der Waals surface area contributed by atoms with Gasteiger partial charge in [-0.1, -0.05) is 11.6 Å². The highest BCUT2D eigenvalue weighted by Gasteiger charge is 2.31. The molecule has 1 aliphatic rings. The zero-order chi connectivity index (χ0) is 17.0. The van der Waals surface area contributed by atoms with E-state index in [1.807, 2.05) is 0 Å². The first-order valence-electron chi connectivity index (χ1n) is 7.29. The molecule has 1 saturated heterocycles. The van der Waals surface area contributed by atoms with Crippen LogP contribution in [0.1, 0.15) is 24.8 Å². The number of hydrogen-bond donors (Lipinski definition) is 2. The standard InChI is InChI=1S/C14H18ClF3N4O/c15-11-6-9(14(16,17)18)8-21-13(11)20-4-3-12(23)22-5-1-2-10(22)7-19/h6,8,10H,1-5,7,19H2,(H,20,21)/t10-/m0/s1. The van der Waals surface area contributed by atoms with Crippen molar-refractivity contribution in [3.05, 3.63) is 22.8 Å². The van der Waals surface area contributed by atoms with E-state index >= 15 is 0 Å². The van der Waals surface area contributed by atoms with Crippen molar-refractivity contribution in [2.75, 3.05) is 25.0 Å². The number of nitrogens with two attached hydrogens (primary N) is 1. The van der Waals surface area contributed by atoms with Gasteiger partial charge < -0.3 is 16.0 Å². The second-order valence-electron chi connectivity index (χ2n) is 5.35. The number of hydrogen-bond acceptors (Lipinski definition) is 4. The molecule has 0 radical (unpaired) electrons. The summed E-state index contributed by atoms with van der Waals surface area (Å²) in [6.07, 6.45) is -1.73. The maximum absolute atomic E-state index is 12.5. The lowest BCUT2D eigenvalue weighted by Gasteiger charge is -2.23. The van der Waals surface area contributed by atoms with E-state index in [-0.39, 0.29) is 35.8 Å². The lowest BCUT2D eigenvalue weighted by Crippen LogP contribution is -2.40. The van der Waals surface area contributed by atoms with E-state index < -0.39 is 11.7 Å². The second-order valence-corrected chi connectivity index (χ2v) is 5.76. The molecule has 3 N–H and O–H groups in total. The van der Waals surface area contributed by atoms with E-state index in [0.717, 1.165) is 18.9 Å². The molecule has 0 saturated carbocycles. The van der Waals surface area contributed by atoms with Gasteiger partial charge in [-0.2, -0.15) is 13.2 Å². The van der Waals surface area contributed by atoms with E-state index in [9.17, 15) is 18.0 Å². The average Bonchev–Trinajstić information content (AvgIpc) is 2.96. The predicted octanol–water partition coefficient (Wildman–Crippen LogP) is 2.51. The SMILES string of the molecule is NC[C@@H]1CCCN1C(=O)CCNc1ncc(C(F)(F)F)cc1Cl. The molecule has 0 unspecified atom stereocenters. The Hall–Kier alpha value is -1.54. The number of nitrogens with one attached hydrogen (secondary N) is 1. The van der Waals surface area contributed by atoms with Gasteiger partial charge in [0.05, 0.1) is 10.6 Å². The molecule has 9 heteroatoms. The molecule has 1 aliphatic heterocycles. The van der Waals surface area contributed by atoms with Crippen LogP contribution < -0.4 is 11.1 Å². The number of pyridine rings is 1. The second kappa shape index (κ2) is 7.35. The number of likely N-dealkylation sites (tertiary alicyclic amines) is 1. The van der Waals surface area contributed by atoms with E-state index in [0.29, 0.717) is 19.3 Å². The minimum atomic E-state index is -4.49. The Bertz CT molecular complexity index is 567. The van der Waals surface area contributed by atoms with Crippen molar-refractivity contribution in [3.63, 3.8) is 0 Å². The summed E-state index contributed by atoms with van der Waals surface area (Å²) in [7, 11) is 0. The average molecular weight is 351 g/mol. The summed E-state index contributed by atoms with van der Waals surface area (Å²) >= 11 is 5.79. The Labute approximate surface area is 137 Å². The van der Waals surface area contributed by atoms with Crippen LogP contribution in [0.2, 0.25) is 5.02 Å². The highest BCUT2D eigenvalue weighted by Crippen LogP contribution is 2.32. The van der Waals surface area contributed by atoms with Crippen LogP contribution in [0.25, 0.3) is 0 Å². The third-order valence-electron chi connectivity index (χ3n) is 3.77. The summed E-state index contributed by atoms with van der Waals surface area (Å²) in [6, 6.07) is 0.888. The van der Waals surface area contributed by atoms with Crippen LogP contribution >= 0.6 is 11.6 Å². The quantitative estimate of drug-likeness (QED) is 0.856. The lowest BCUT2D eigenvalue weighted by atomic mass is 10.2. The van der Waals surface area contributed by atoms with Crippen molar-refractivity contribution < 1.29 is 18.0 Å². The fourth-order valence-electron chi connectivity index (χ4n) is 2.56. The summed E-state index contributed by atoms with van der Waals surface area (Å²) in [5.41, 5.74) is 4.71. The molecular weight excluding hydrogens is 333 g/mol. The van der Waals surface area contributed by atoms with E-state index in [2.05, 4.69) is 10.3 Å². The summed E-state index contributed by atoms with van der Waals surface area (Å²) in [4.78, 5) is 17.5. The number of halogens is 4. The van der Waals surface area contributed by atoms with Gasteiger partial charge in [0.25, 0.3) is 0 Å². The first-order chi connectivity index (χ1) is 10.8. The molecule has 5 nitrogen and oxygen atoms in total. The molecular formula is C14H18ClF3N4O. The van der Waals surface area contributed by atoms with Crippen LogP contribution in [0.5, 0.6) is 0 Å². The van der Waals surface area contributed by atoms with Crippen molar-refractivity contribution in [1.29, 1.82) is 0 Å².